The summed E-state index contributed by atoms with van der Waals surface area (Å²) >= 11 is 35.4. The third-order valence-corrected chi connectivity index (χ3v) is 28.2. The molecule has 2 fully saturated rings. The minimum Gasteiger partial charge on any atom is -0.481 e. The van der Waals surface area contributed by atoms with Crippen LogP contribution in [0.1, 0.15) is 168 Å². The van der Waals surface area contributed by atoms with Crippen LogP contribution in [-0.2, 0) is 71.2 Å². The van der Waals surface area contributed by atoms with Crippen molar-refractivity contribution in [2.45, 2.75) is 155 Å². The number of amides is 1. The first-order valence-electron chi connectivity index (χ1n) is 43.8. The summed E-state index contributed by atoms with van der Waals surface area (Å²) in [7, 11) is 6.28. The number of nitrogens with zero attached hydrogens (tertiary/aromatic N) is 8. The molecule has 0 aliphatic carbocycles. The van der Waals surface area contributed by atoms with Crippen LogP contribution in [0.4, 0.5) is 31.1 Å². The summed E-state index contributed by atoms with van der Waals surface area (Å²) in [6, 6.07) is 49.5. The van der Waals surface area contributed by atoms with E-state index in [2.05, 4.69) is 47.1 Å². The molecule has 8 aromatic carbocycles. The van der Waals surface area contributed by atoms with Crippen molar-refractivity contribution in [2.75, 3.05) is 47.5 Å². The van der Waals surface area contributed by atoms with E-state index in [1.807, 2.05) is 123 Å². The summed E-state index contributed by atoms with van der Waals surface area (Å²) < 4.78 is 105. The van der Waals surface area contributed by atoms with Crippen molar-refractivity contribution >= 4 is 119 Å². The van der Waals surface area contributed by atoms with Crippen molar-refractivity contribution in [3.05, 3.63) is 307 Å². The molecule has 2 aliphatic heterocycles. The molecule has 710 valence electrons. The van der Waals surface area contributed by atoms with Gasteiger partial charge in [-0.2, -0.15) is 0 Å². The maximum atomic E-state index is 13.6. The predicted octanol–water partition coefficient (Wildman–Crippen LogP) is 24.4. The smallest absolute Gasteiger partial charge is 0.410 e. The van der Waals surface area contributed by atoms with Crippen LogP contribution in [0, 0.1) is 63.2 Å². The van der Waals surface area contributed by atoms with Crippen molar-refractivity contribution < 1.29 is 70.5 Å². The summed E-state index contributed by atoms with van der Waals surface area (Å²) in [5.41, 5.74) is 5.69. The number of carbonyl (C=O) groups excluding carboxylic acids is 1. The van der Waals surface area contributed by atoms with E-state index in [0.717, 1.165) is 69.6 Å². The topological polar surface area (TPSA) is 232 Å². The number of likely N-dealkylation sites (tertiary alicyclic amines) is 1. The molecule has 1 amide bonds. The highest BCUT2D eigenvalue weighted by atomic mass is 35.5. The van der Waals surface area contributed by atoms with Gasteiger partial charge in [-0.15, -0.1) is 24.2 Å². The number of ether oxygens (including phenoxy) is 4. The molecule has 2 aliphatic rings. The fourth-order valence-electron chi connectivity index (χ4n) is 16.8. The van der Waals surface area contributed by atoms with Crippen molar-refractivity contribution in [3.63, 3.8) is 0 Å². The summed E-state index contributed by atoms with van der Waals surface area (Å²) in [6.45, 7) is 21.7. The Labute approximate surface area is 815 Å². The van der Waals surface area contributed by atoms with Gasteiger partial charge in [-0.25, -0.2) is 61.0 Å². The first-order chi connectivity index (χ1) is 64.0. The van der Waals surface area contributed by atoms with Gasteiger partial charge in [0.2, 0.25) is 17.6 Å². The molecule has 4 unspecified atom stereocenters. The van der Waals surface area contributed by atoms with Crippen molar-refractivity contribution in [3.8, 4) is 53.5 Å². The zero-order valence-corrected chi connectivity index (χ0v) is 82.4. The Bertz CT molecular complexity index is 6890. The van der Waals surface area contributed by atoms with Crippen molar-refractivity contribution in [2.24, 2.45) is 24.8 Å². The molecular weight excluding hydrogens is 1870 g/mol. The normalized spacial score (nSPS) is 14.9. The number of thiazole rings is 1. The van der Waals surface area contributed by atoms with E-state index in [0.29, 0.717) is 183 Å². The number of nitrogens with one attached hydrogen (secondary N) is 1. The molecule has 6 aromatic heterocycles. The molecule has 136 heavy (non-hydrogen) atoms. The molecule has 2 saturated heterocycles. The maximum Gasteiger partial charge on any atom is 0.410 e. The number of hydrogen-bond donors (Lipinski definition) is 5. The minimum atomic E-state index is -2.92. The Kier molecular flexibility index (Phi) is 30.5. The fraction of sp³-hybridized carbons (Fsp3) is 0.330. The average Bonchev–Trinajstić information content (AvgIpc) is 1.59. The zero-order valence-electron chi connectivity index (χ0n) is 77.8. The summed E-state index contributed by atoms with van der Waals surface area (Å²) in [5, 5.41) is 55.0. The first kappa shape index (κ1) is 102. The van der Waals surface area contributed by atoms with Crippen LogP contribution in [0.5, 0.6) is 17.6 Å². The molecule has 0 saturated carbocycles. The molecule has 5 N–H and O–H groups in total. The number of aliphatic hydroxyl groups is 4. The maximum absolute atomic E-state index is 13.6. The Morgan fingerprint density at radius 2 is 0.926 bits per heavy atom. The number of aromatic nitrogens is 7. The van der Waals surface area contributed by atoms with E-state index in [4.69, 9.17) is 89.8 Å². The SMILES string of the molecule is C#CC(O)(c1ccc2nc(OC)c(Cc3ccc(C(C)(F)F)cc3)c(Cl)c2c1)C1CNC1.C#CC(O)(c1ccc2nc(OC)c(Cc3ccc(C(C)(F)F)cc3)c(Cl)c2c1)c1cnc(C)n1C.CCC(O)(c1ccc2nc(OC)c(Cc3ccc(C(C)(F)F)cc3)c(Cl)c2c1)C1CN(C(=O)OC(C)(C)C)C1.Cc1nc(C)c(C(O)(c2ccc3nc(Cl)c(-c4ccccc4)c(Cl)c3c2)C(C)C)s1. The lowest BCUT2D eigenvalue weighted by atomic mass is 9.75. The van der Waals surface area contributed by atoms with Crippen LogP contribution in [0.25, 0.3) is 54.7 Å². The molecule has 30 heteroatoms. The average molecular weight is 1970 g/mol. The number of aryl methyl sites for hydroxylation is 3. The highest BCUT2D eigenvalue weighted by Gasteiger charge is 2.48. The Balaban J connectivity index is 0.000000154. The van der Waals surface area contributed by atoms with Crippen LogP contribution in [0.3, 0.4) is 0 Å². The van der Waals surface area contributed by atoms with Crippen LogP contribution < -0.4 is 19.5 Å². The second kappa shape index (κ2) is 40.5. The molecule has 0 bridgehead atoms. The van der Waals surface area contributed by atoms with Crippen molar-refractivity contribution in [1.29, 1.82) is 0 Å². The second-order valence-electron chi connectivity index (χ2n) is 35.7. The number of alkyl halides is 6. The van der Waals surface area contributed by atoms with E-state index in [9.17, 15) is 51.6 Å². The number of hydrogen-bond acceptors (Lipinski definition) is 17. The van der Waals surface area contributed by atoms with Gasteiger partial charge >= 0.3 is 6.09 Å². The van der Waals surface area contributed by atoms with E-state index < -0.39 is 51.9 Å². The number of methoxy groups -OCH3 is 3. The number of halogens is 11. The van der Waals surface area contributed by atoms with Crippen LogP contribution in [-0.4, -0.2) is 119 Å². The van der Waals surface area contributed by atoms with E-state index in [1.54, 1.807) is 102 Å². The van der Waals surface area contributed by atoms with Gasteiger partial charge in [0.15, 0.2) is 11.2 Å². The number of rotatable bonds is 23. The van der Waals surface area contributed by atoms with E-state index >= 15 is 0 Å². The van der Waals surface area contributed by atoms with Gasteiger partial charge in [0, 0.05) is 151 Å². The van der Waals surface area contributed by atoms with Gasteiger partial charge in [0.1, 0.15) is 22.2 Å². The molecular formula is C106H104Cl5F6N9O9S. The lowest BCUT2D eigenvalue weighted by Gasteiger charge is -2.48. The lowest BCUT2D eigenvalue weighted by Crippen LogP contribution is -2.58. The van der Waals surface area contributed by atoms with Gasteiger partial charge in [0.25, 0.3) is 17.8 Å². The summed E-state index contributed by atoms with van der Waals surface area (Å²) in [4.78, 5) is 42.0. The van der Waals surface area contributed by atoms with Crippen LogP contribution in [0.2, 0.25) is 25.2 Å². The first-order valence-corrected chi connectivity index (χ1v) is 46.5. The van der Waals surface area contributed by atoms with Gasteiger partial charge in [0.05, 0.1) is 96.6 Å². The highest BCUT2D eigenvalue weighted by molar-refractivity contribution is 7.11. The Morgan fingerprint density at radius 1 is 0.529 bits per heavy atom. The van der Waals surface area contributed by atoms with E-state index in [-0.39, 0.29) is 34.4 Å². The quantitative estimate of drug-likeness (QED) is 0.0228. The Morgan fingerprint density at radius 3 is 1.29 bits per heavy atom. The van der Waals surface area contributed by atoms with Crippen molar-refractivity contribution in [1.82, 2.24) is 44.7 Å². The fourth-order valence-corrected chi connectivity index (χ4v) is 19.6. The summed E-state index contributed by atoms with van der Waals surface area (Å²) in [5.74, 6) is -2.32. The predicted molar refractivity (Wildman–Crippen MR) is 527 cm³/mol. The third-order valence-electron chi connectivity index (χ3n) is 25.0. The number of fused-ring (bicyclic) bond motifs is 4. The number of benzene rings is 8. The zero-order chi connectivity index (χ0) is 99.0. The number of carbonyl (C=O) groups is 1. The third kappa shape index (κ3) is 21.1. The number of pyridine rings is 4. The molecule has 4 atom stereocenters. The minimum absolute atomic E-state index is 0.0559. The molecule has 8 heterocycles. The molecule has 0 spiro atoms. The van der Waals surface area contributed by atoms with E-state index in [1.165, 1.54) is 69.1 Å². The number of imidazole rings is 1. The molecule has 0 radical (unpaired) electrons. The Hall–Kier alpha value is -11.1. The molecule has 18 nitrogen and oxygen atoms in total. The van der Waals surface area contributed by atoms with Gasteiger partial charge in [-0.1, -0.05) is 218 Å². The highest BCUT2D eigenvalue weighted by Crippen LogP contribution is 2.49. The second-order valence-corrected chi connectivity index (χ2v) is 38.8. The molecule has 16 rings (SSSR count). The van der Waals surface area contributed by atoms with Crippen LogP contribution >= 0.6 is 69.3 Å². The van der Waals surface area contributed by atoms with Crippen LogP contribution in [0.15, 0.2) is 182 Å². The monoisotopic (exact) mass is 1970 g/mol. The van der Waals surface area contributed by atoms with Gasteiger partial charge < -0.3 is 54.2 Å². The number of terminal acetylenes is 2. The van der Waals surface area contributed by atoms with Gasteiger partial charge in [-0.05, 0) is 141 Å². The largest absolute Gasteiger partial charge is 0.481 e. The standard InChI is InChI=1S/C30H35ClF2N2O4.C27H24ClF2N3O2.C25H23ClF2N2O2.C24H22Cl2N2OS/c1-7-30(37,21-16-35(17-21)27(36)39-28(2,3)4)20-12-13-24-22(15-20)25(31)23(26(34-24)38-6)14-18-8-10-19(11-9-18)29(5,32)33;1-6-27(34,23-15-31-16(2)33(23)4)19-11-12-22-20(14-19)24(28)21(25(32-22)35-5)13-17-7-9-18(10-8-17)26(3,29)30;1-4-25(31,18-13-29-14-18)17-9-10-21-19(12-17)22(26)20(23(30-21)32-3)11-15-5-7-16(8-6-15)24(2,27)28;1-13(2)24(29,22-14(3)27-15(4)30-22)17-10-11-19-18(12-17)21(25)20(23(26)28-19)16-8-6-5-7-9-16/h8-13,15,21,37H,7,14,16-17H2,1-6H3;1,7-12,14-15,34H,13H2,2-5H3;1,5-10,12,18,29,31H,11,13-14H2,2-3H3;5-13,29H,1-4H3. The summed E-state index contributed by atoms with van der Waals surface area (Å²) in [6.07, 6.45) is 14.1. The van der Waals surface area contributed by atoms with Gasteiger partial charge in [-0.3, -0.25) is 0 Å². The molecule has 14 aromatic rings. The lowest BCUT2D eigenvalue weighted by molar-refractivity contribution is -0.0945.